The lowest BCUT2D eigenvalue weighted by Crippen LogP contribution is -2.42. The lowest BCUT2D eigenvalue weighted by Gasteiger charge is -2.35. The number of rotatable bonds is 4. The van der Waals surface area contributed by atoms with Gasteiger partial charge in [-0.05, 0) is 41.5 Å². The minimum atomic E-state index is -3.25. The van der Waals surface area contributed by atoms with Gasteiger partial charge in [-0.3, -0.25) is 9.46 Å². The predicted octanol–water partition coefficient (Wildman–Crippen LogP) is 1.85. The van der Waals surface area contributed by atoms with E-state index >= 15 is 0 Å². The Morgan fingerprint density at radius 1 is 0.760 bits per heavy atom. The van der Waals surface area contributed by atoms with Crippen LogP contribution in [0.15, 0.2) is 0 Å². The molecule has 1 aliphatic rings. The molecule has 0 aromatic heterocycles. The zero-order valence-electron chi connectivity index (χ0n) is 17.0. The highest BCUT2D eigenvalue weighted by Crippen LogP contribution is 2.54. The van der Waals surface area contributed by atoms with Crippen LogP contribution in [0.25, 0.3) is 0 Å². The van der Waals surface area contributed by atoms with Crippen molar-refractivity contribution >= 4 is 7.60 Å². The fraction of sp³-hybridized carbons (Fsp3) is 1.00. The third kappa shape index (κ3) is 12.1. The molecule has 0 radical (unpaired) electrons. The molecule has 1 saturated heterocycles. The normalized spacial score (nSPS) is 20.7. The first kappa shape index (κ1) is 23.0. The van der Waals surface area contributed by atoms with Gasteiger partial charge in [0.25, 0.3) is 0 Å². The molecule has 1 fully saturated rings. The highest BCUT2D eigenvalue weighted by Gasteiger charge is 2.36. The standard InChI is InChI=1S/C17H39N4O3P/c1-16(2,3)23-25(22,24-17(4,5)6)15-21-13-11-19-9-7-18-8-10-20-12-14-21/h18-20H,7-15H2,1-6H3. The van der Waals surface area contributed by atoms with Crippen molar-refractivity contribution in [1.82, 2.24) is 20.9 Å². The van der Waals surface area contributed by atoms with Crippen LogP contribution >= 0.6 is 7.60 Å². The van der Waals surface area contributed by atoms with Crippen LogP contribution in [0.3, 0.4) is 0 Å². The summed E-state index contributed by atoms with van der Waals surface area (Å²) in [5.74, 6) is 0. The van der Waals surface area contributed by atoms with Crippen molar-refractivity contribution in [2.45, 2.75) is 52.7 Å². The van der Waals surface area contributed by atoms with Crippen molar-refractivity contribution in [3.63, 3.8) is 0 Å². The van der Waals surface area contributed by atoms with Crippen LogP contribution in [0.4, 0.5) is 0 Å². The van der Waals surface area contributed by atoms with Crippen LogP contribution in [0.5, 0.6) is 0 Å². The van der Waals surface area contributed by atoms with Gasteiger partial charge in [-0.25, -0.2) is 0 Å². The van der Waals surface area contributed by atoms with Crippen molar-refractivity contribution in [3.8, 4) is 0 Å². The monoisotopic (exact) mass is 378 g/mol. The van der Waals surface area contributed by atoms with Crippen LogP contribution in [0, 0.1) is 0 Å². The van der Waals surface area contributed by atoms with Gasteiger partial charge in [-0.15, -0.1) is 0 Å². The lowest BCUT2D eigenvalue weighted by atomic mass is 10.2. The van der Waals surface area contributed by atoms with Crippen molar-refractivity contribution in [3.05, 3.63) is 0 Å². The molecule has 0 aromatic rings. The van der Waals surface area contributed by atoms with E-state index in [-0.39, 0.29) is 0 Å². The molecule has 7 nitrogen and oxygen atoms in total. The second kappa shape index (κ2) is 10.4. The SMILES string of the molecule is CC(C)(C)OP(=O)(CN1CCNCCNCCNCC1)OC(C)(C)C. The summed E-state index contributed by atoms with van der Waals surface area (Å²) in [6.45, 7) is 18.6. The van der Waals surface area contributed by atoms with E-state index in [1.165, 1.54) is 0 Å². The van der Waals surface area contributed by atoms with Gasteiger partial charge in [-0.1, -0.05) is 0 Å². The second-order valence-electron chi connectivity index (χ2n) is 8.53. The molecule has 1 aliphatic heterocycles. The summed E-state index contributed by atoms with van der Waals surface area (Å²) in [4.78, 5) is 2.17. The molecule has 0 bridgehead atoms. The molecule has 150 valence electrons. The maximum absolute atomic E-state index is 13.5. The van der Waals surface area contributed by atoms with E-state index in [1.54, 1.807) is 0 Å². The van der Waals surface area contributed by atoms with E-state index in [0.717, 1.165) is 52.4 Å². The van der Waals surface area contributed by atoms with E-state index in [1.807, 2.05) is 41.5 Å². The van der Waals surface area contributed by atoms with E-state index in [9.17, 15) is 4.57 Å². The Balaban J connectivity index is 2.76. The van der Waals surface area contributed by atoms with Gasteiger partial charge in [-0.2, -0.15) is 0 Å². The molecule has 8 heteroatoms. The van der Waals surface area contributed by atoms with E-state index in [0.29, 0.717) is 6.29 Å². The van der Waals surface area contributed by atoms with Crippen LogP contribution in [0.1, 0.15) is 41.5 Å². The lowest BCUT2D eigenvalue weighted by molar-refractivity contribution is 0.0432. The quantitative estimate of drug-likeness (QED) is 0.645. The highest BCUT2D eigenvalue weighted by molar-refractivity contribution is 7.53. The van der Waals surface area contributed by atoms with Gasteiger partial charge in [0.15, 0.2) is 0 Å². The van der Waals surface area contributed by atoms with Gasteiger partial charge < -0.3 is 25.0 Å². The Labute approximate surface area is 154 Å². The van der Waals surface area contributed by atoms with Crippen LogP contribution in [-0.4, -0.2) is 74.7 Å². The molecule has 25 heavy (non-hydrogen) atoms. The minimum Gasteiger partial charge on any atom is -0.314 e. The van der Waals surface area contributed by atoms with Crippen LogP contribution in [-0.2, 0) is 13.6 Å². The topological polar surface area (TPSA) is 74.9 Å². The third-order valence-corrected chi connectivity index (χ3v) is 5.76. The average Bonchev–Trinajstić information content (AvgIpc) is 2.37. The maximum atomic E-state index is 13.5. The first-order chi connectivity index (χ1) is 11.5. The van der Waals surface area contributed by atoms with Crippen molar-refractivity contribution in [2.24, 2.45) is 0 Å². The van der Waals surface area contributed by atoms with Gasteiger partial charge in [0.2, 0.25) is 0 Å². The number of nitrogens with one attached hydrogen (secondary N) is 3. The summed E-state index contributed by atoms with van der Waals surface area (Å²) in [6, 6.07) is 0. The van der Waals surface area contributed by atoms with Gasteiger partial charge in [0, 0.05) is 52.4 Å². The molecule has 0 aliphatic carbocycles. The Morgan fingerprint density at radius 2 is 1.12 bits per heavy atom. The minimum absolute atomic E-state index is 0.309. The Hall–Kier alpha value is -0.0100. The Bertz CT molecular complexity index is 389. The molecule has 0 saturated carbocycles. The molecule has 0 aromatic carbocycles. The average molecular weight is 378 g/mol. The molecule has 1 heterocycles. The van der Waals surface area contributed by atoms with Crippen molar-refractivity contribution < 1.29 is 13.6 Å². The molecule has 1 rings (SSSR count). The Morgan fingerprint density at radius 3 is 1.48 bits per heavy atom. The summed E-state index contributed by atoms with van der Waals surface area (Å²) in [5.41, 5.74) is -1.04. The molecular weight excluding hydrogens is 339 g/mol. The summed E-state index contributed by atoms with van der Waals surface area (Å²) in [6.07, 6.45) is 0.309. The molecule has 0 amide bonds. The molecule has 3 N–H and O–H groups in total. The highest BCUT2D eigenvalue weighted by atomic mass is 31.2. The van der Waals surface area contributed by atoms with Gasteiger partial charge >= 0.3 is 7.60 Å². The first-order valence-corrected chi connectivity index (χ1v) is 11.1. The predicted molar refractivity (Wildman–Crippen MR) is 104 cm³/mol. The first-order valence-electron chi connectivity index (χ1n) is 9.34. The third-order valence-electron chi connectivity index (χ3n) is 3.37. The number of hydrogen-bond donors (Lipinski definition) is 3. The number of hydrogen-bond acceptors (Lipinski definition) is 7. The zero-order chi connectivity index (χ0) is 19.0. The van der Waals surface area contributed by atoms with Crippen molar-refractivity contribution in [1.29, 1.82) is 0 Å². The van der Waals surface area contributed by atoms with Crippen molar-refractivity contribution in [2.75, 3.05) is 58.6 Å². The summed E-state index contributed by atoms with van der Waals surface area (Å²) in [5, 5.41) is 10.2. The summed E-state index contributed by atoms with van der Waals surface area (Å²) >= 11 is 0. The second-order valence-corrected chi connectivity index (χ2v) is 10.4. The van der Waals surface area contributed by atoms with Gasteiger partial charge in [0.1, 0.15) is 6.29 Å². The van der Waals surface area contributed by atoms with E-state index in [4.69, 9.17) is 9.05 Å². The summed E-state index contributed by atoms with van der Waals surface area (Å²) < 4.78 is 25.3. The zero-order valence-corrected chi connectivity index (χ0v) is 17.9. The molecular formula is C17H39N4O3P. The van der Waals surface area contributed by atoms with E-state index in [2.05, 4.69) is 20.9 Å². The Kier molecular flexibility index (Phi) is 9.54. The maximum Gasteiger partial charge on any atom is 0.345 e. The molecule has 0 spiro atoms. The van der Waals surface area contributed by atoms with Crippen LogP contribution < -0.4 is 16.0 Å². The summed E-state index contributed by atoms with van der Waals surface area (Å²) in [7, 11) is -3.25. The number of nitrogens with zero attached hydrogens (tertiary/aromatic N) is 1. The molecule has 0 atom stereocenters. The fourth-order valence-electron chi connectivity index (χ4n) is 2.61. The smallest absolute Gasteiger partial charge is 0.314 e. The fourth-order valence-corrected chi connectivity index (χ4v) is 5.21. The van der Waals surface area contributed by atoms with Gasteiger partial charge in [0.05, 0.1) is 11.2 Å². The largest absolute Gasteiger partial charge is 0.345 e. The molecule has 0 unspecified atom stereocenters. The van der Waals surface area contributed by atoms with E-state index < -0.39 is 18.8 Å². The van der Waals surface area contributed by atoms with Crippen LogP contribution in [0.2, 0.25) is 0 Å².